The molecule has 10 heteroatoms. The molecule has 1 heterocycles. The summed E-state index contributed by atoms with van der Waals surface area (Å²) in [5.74, 6) is -1.14. The highest BCUT2D eigenvalue weighted by Gasteiger charge is 2.26. The van der Waals surface area contributed by atoms with Crippen LogP contribution in [0.5, 0.6) is 0 Å². The highest BCUT2D eigenvalue weighted by Crippen LogP contribution is 2.20. The lowest BCUT2D eigenvalue weighted by Crippen LogP contribution is -2.53. The van der Waals surface area contributed by atoms with Gasteiger partial charge in [0.15, 0.2) is 0 Å². The van der Waals surface area contributed by atoms with Gasteiger partial charge in [0.2, 0.25) is 17.7 Å². The molecule has 10 nitrogen and oxygen atoms in total. The maximum Gasteiger partial charge on any atom is 0.242 e. The van der Waals surface area contributed by atoms with Crippen LogP contribution in [0.15, 0.2) is 54.6 Å². The van der Waals surface area contributed by atoms with E-state index < -0.39 is 18.0 Å². The molecule has 1 aliphatic heterocycles. The van der Waals surface area contributed by atoms with E-state index in [1.54, 1.807) is 0 Å². The number of anilines is 1. The first kappa shape index (κ1) is 31.1. The Balaban J connectivity index is 1.59. The molecule has 218 valence electrons. The Hall–Kier alpha value is -3.47. The van der Waals surface area contributed by atoms with E-state index in [-0.39, 0.29) is 31.3 Å². The topological polar surface area (TPSA) is 160 Å². The summed E-state index contributed by atoms with van der Waals surface area (Å²) < 4.78 is 0. The van der Waals surface area contributed by atoms with Crippen LogP contribution in [0.3, 0.4) is 0 Å². The van der Waals surface area contributed by atoms with E-state index in [0.717, 1.165) is 24.2 Å². The molecule has 2 aromatic rings. The van der Waals surface area contributed by atoms with Gasteiger partial charge in [-0.25, -0.2) is 0 Å². The van der Waals surface area contributed by atoms with Crippen molar-refractivity contribution in [2.45, 2.75) is 57.2 Å². The van der Waals surface area contributed by atoms with Crippen molar-refractivity contribution in [1.82, 2.24) is 15.5 Å². The molecule has 3 rings (SSSR count). The molecular formula is C30H45N7O3. The third-order valence-corrected chi connectivity index (χ3v) is 7.20. The number of nitrogens with one attached hydrogen (secondary N) is 2. The van der Waals surface area contributed by atoms with Crippen LogP contribution < -0.4 is 32.7 Å². The smallest absolute Gasteiger partial charge is 0.242 e. The lowest BCUT2D eigenvalue weighted by atomic mass is 10.0. The number of aryl methyl sites for hydroxylation is 1. The number of piperidine rings is 1. The third-order valence-electron chi connectivity index (χ3n) is 7.20. The molecular weight excluding hydrogens is 506 g/mol. The van der Waals surface area contributed by atoms with E-state index >= 15 is 0 Å². The van der Waals surface area contributed by atoms with Crippen molar-refractivity contribution in [2.75, 3.05) is 44.2 Å². The Kier molecular flexibility index (Phi) is 12.9. The molecule has 1 aliphatic rings. The fourth-order valence-electron chi connectivity index (χ4n) is 4.88. The molecule has 0 bridgehead atoms. The van der Waals surface area contributed by atoms with Crippen molar-refractivity contribution in [2.24, 2.45) is 17.2 Å². The molecule has 0 spiro atoms. The minimum atomic E-state index is -1.10. The summed E-state index contributed by atoms with van der Waals surface area (Å²) in [5, 5.41) is 5.74. The van der Waals surface area contributed by atoms with Gasteiger partial charge < -0.3 is 37.6 Å². The van der Waals surface area contributed by atoms with Crippen molar-refractivity contribution in [3.63, 3.8) is 0 Å². The Bertz CT molecular complexity index is 1050. The van der Waals surface area contributed by atoms with Gasteiger partial charge in [-0.15, -0.1) is 0 Å². The van der Waals surface area contributed by atoms with Crippen LogP contribution in [0, 0.1) is 0 Å². The van der Waals surface area contributed by atoms with Crippen LogP contribution in [-0.4, -0.2) is 74.0 Å². The molecule has 2 aromatic carbocycles. The van der Waals surface area contributed by atoms with Crippen molar-refractivity contribution in [1.29, 1.82) is 0 Å². The zero-order chi connectivity index (χ0) is 28.7. The number of nitrogens with zero attached hydrogens (tertiary/aromatic N) is 2. The summed E-state index contributed by atoms with van der Waals surface area (Å²) in [6.07, 6.45) is 4.51. The molecule has 0 saturated carbocycles. The highest BCUT2D eigenvalue weighted by molar-refractivity contribution is 5.92. The second-order valence-electron chi connectivity index (χ2n) is 10.3. The van der Waals surface area contributed by atoms with Gasteiger partial charge in [0.05, 0.1) is 12.5 Å². The average Bonchev–Trinajstić information content (AvgIpc) is 2.99. The molecule has 2 atom stereocenters. The maximum atomic E-state index is 13.2. The van der Waals surface area contributed by atoms with Gasteiger partial charge in [-0.05, 0) is 55.4 Å². The van der Waals surface area contributed by atoms with Crippen LogP contribution in [0.1, 0.15) is 43.2 Å². The van der Waals surface area contributed by atoms with E-state index in [1.165, 1.54) is 29.8 Å². The van der Waals surface area contributed by atoms with E-state index in [2.05, 4.69) is 27.7 Å². The Morgan fingerprint density at radius 2 is 1.50 bits per heavy atom. The number of nitrogens with two attached hydrogens (primary N) is 3. The lowest BCUT2D eigenvalue weighted by Gasteiger charge is -2.28. The van der Waals surface area contributed by atoms with Crippen molar-refractivity contribution < 1.29 is 14.4 Å². The van der Waals surface area contributed by atoms with E-state index in [0.29, 0.717) is 32.5 Å². The van der Waals surface area contributed by atoms with Crippen molar-refractivity contribution in [3.05, 3.63) is 65.7 Å². The molecule has 0 radical (unpaired) electrons. The summed E-state index contributed by atoms with van der Waals surface area (Å²) in [6, 6.07) is 16.1. The highest BCUT2D eigenvalue weighted by atomic mass is 16.2. The summed E-state index contributed by atoms with van der Waals surface area (Å²) in [7, 11) is 0. The summed E-state index contributed by atoms with van der Waals surface area (Å²) in [4.78, 5) is 42.7. The first-order chi connectivity index (χ1) is 19.4. The number of rotatable bonds is 15. The number of hydrogen-bond donors (Lipinski definition) is 5. The fraction of sp³-hybridized carbons (Fsp3) is 0.500. The largest absolute Gasteiger partial charge is 0.372 e. The van der Waals surface area contributed by atoms with Crippen LogP contribution in [0.25, 0.3) is 0 Å². The van der Waals surface area contributed by atoms with Crippen LogP contribution in [0.4, 0.5) is 5.69 Å². The van der Waals surface area contributed by atoms with Gasteiger partial charge in [0.25, 0.3) is 0 Å². The minimum Gasteiger partial charge on any atom is -0.372 e. The van der Waals surface area contributed by atoms with Crippen LogP contribution in [-0.2, 0) is 27.3 Å². The van der Waals surface area contributed by atoms with Crippen molar-refractivity contribution >= 4 is 23.4 Å². The van der Waals surface area contributed by atoms with Gasteiger partial charge in [-0.3, -0.25) is 14.4 Å². The van der Waals surface area contributed by atoms with Crippen LogP contribution >= 0.6 is 0 Å². The second-order valence-corrected chi connectivity index (χ2v) is 10.3. The molecule has 0 aliphatic carbocycles. The Morgan fingerprint density at radius 3 is 2.12 bits per heavy atom. The van der Waals surface area contributed by atoms with Crippen LogP contribution in [0.2, 0.25) is 0 Å². The average molecular weight is 552 g/mol. The number of carbonyl (C=O) groups excluding carboxylic acids is 3. The minimum absolute atomic E-state index is 0.192. The first-order valence-electron chi connectivity index (χ1n) is 14.3. The Labute approximate surface area is 237 Å². The fourth-order valence-corrected chi connectivity index (χ4v) is 4.88. The predicted molar refractivity (Wildman–Crippen MR) is 158 cm³/mol. The maximum absolute atomic E-state index is 13.2. The SMILES string of the molecule is NCCN(CCN)C(=O)CC(N)C(=O)NC(CCc1ccccc1)C(=O)NCc1ccc(N2CCCCC2)cc1. The first-order valence-corrected chi connectivity index (χ1v) is 14.3. The molecule has 40 heavy (non-hydrogen) atoms. The predicted octanol–water partition coefficient (Wildman–Crippen LogP) is 0.874. The summed E-state index contributed by atoms with van der Waals surface area (Å²) in [6.45, 7) is 3.74. The zero-order valence-corrected chi connectivity index (χ0v) is 23.4. The molecule has 3 amide bonds. The number of benzene rings is 2. The van der Waals surface area contributed by atoms with Gasteiger partial charge in [-0.2, -0.15) is 0 Å². The molecule has 2 unspecified atom stereocenters. The van der Waals surface area contributed by atoms with E-state index in [4.69, 9.17) is 17.2 Å². The van der Waals surface area contributed by atoms with Gasteiger partial charge in [-0.1, -0.05) is 42.5 Å². The van der Waals surface area contributed by atoms with Gasteiger partial charge in [0, 0.05) is 51.5 Å². The quantitative estimate of drug-likeness (QED) is 0.220. The standard InChI is InChI=1S/C30H45N7O3/c31-15-19-37(20-16-32)28(38)21-26(33)29(39)35-27(14-11-23-7-3-1-4-8-23)30(40)34-22-24-9-12-25(13-10-24)36-17-5-2-6-18-36/h1,3-4,7-10,12-13,26-27H,2,5-6,11,14-22,31-33H2,(H,34,40)(H,35,39). The van der Waals surface area contributed by atoms with E-state index in [9.17, 15) is 14.4 Å². The molecule has 0 aromatic heterocycles. The second kappa shape index (κ2) is 16.6. The van der Waals surface area contributed by atoms with Crippen molar-refractivity contribution in [3.8, 4) is 0 Å². The zero-order valence-electron chi connectivity index (χ0n) is 23.4. The van der Waals surface area contributed by atoms with Gasteiger partial charge in [0.1, 0.15) is 6.04 Å². The summed E-state index contributed by atoms with van der Waals surface area (Å²) in [5.41, 5.74) is 20.5. The van der Waals surface area contributed by atoms with Gasteiger partial charge >= 0.3 is 0 Å². The molecule has 1 fully saturated rings. The molecule has 1 saturated heterocycles. The third kappa shape index (κ3) is 9.93. The lowest BCUT2D eigenvalue weighted by molar-refractivity contribution is -0.135. The number of amides is 3. The Morgan fingerprint density at radius 1 is 0.850 bits per heavy atom. The summed E-state index contributed by atoms with van der Waals surface area (Å²) >= 11 is 0. The monoisotopic (exact) mass is 551 g/mol. The number of hydrogen-bond acceptors (Lipinski definition) is 7. The molecule has 8 N–H and O–H groups in total. The normalized spacial score (nSPS) is 14.7. The number of carbonyl (C=O) groups is 3. The van der Waals surface area contributed by atoms with E-state index in [1.807, 2.05) is 42.5 Å².